The van der Waals surface area contributed by atoms with Gasteiger partial charge in [-0.15, -0.1) is 0 Å². The van der Waals surface area contributed by atoms with E-state index in [0.717, 1.165) is 17.0 Å². The minimum atomic E-state index is -0.941. The SMILES string of the molecule is COc1cccc(C(=O)O)c1.Nc1cc2ccc1CO2. The number of aromatic carboxylic acids is 1. The Kier molecular flexibility index (Phi) is 4.10. The molecule has 2 bridgehead atoms. The van der Waals surface area contributed by atoms with Crippen LogP contribution in [0.5, 0.6) is 11.5 Å². The standard InChI is InChI=1S/C8H8O3.C7H7NO/c1-11-7-4-2-3-6(5-7)8(9)10;8-7-3-6-2-1-5(7)4-9-6/h2-5H,1H3,(H,9,10);1-3H,4,8H2. The van der Waals surface area contributed by atoms with Gasteiger partial charge in [0.2, 0.25) is 0 Å². The van der Waals surface area contributed by atoms with Crippen molar-refractivity contribution in [2.45, 2.75) is 6.61 Å². The summed E-state index contributed by atoms with van der Waals surface area (Å²) in [6.45, 7) is 0.647. The number of anilines is 1. The highest BCUT2D eigenvalue weighted by atomic mass is 16.5. The topological polar surface area (TPSA) is 81.8 Å². The number of carbonyl (C=O) groups is 1. The average molecular weight is 273 g/mol. The lowest BCUT2D eigenvalue weighted by atomic mass is 10.1. The molecule has 0 aromatic heterocycles. The minimum Gasteiger partial charge on any atom is -0.497 e. The van der Waals surface area contributed by atoms with Gasteiger partial charge >= 0.3 is 5.97 Å². The number of nitrogens with two attached hydrogens (primary N) is 1. The first-order valence-electron chi connectivity index (χ1n) is 5.98. The van der Waals surface area contributed by atoms with Crippen molar-refractivity contribution in [3.8, 4) is 11.5 Å². The van der Waals surface area contributed by atoms with Crippen molar-refractivity contribution in [2.75, 3.05) is 12.8 Å². The van der Waals surface area contributed by atoms with E-state index >= 15 is 0 Å². The quantitative estimate of drug-likeness (QED) is 0.822. The first kappa shape index (κ1) is 13.7. The molecule has 5 heteroatoms. The number of hydrogen-bond donors (Lipinski definition) is 2. The van der Waals surface area contributed by atoms with Crippen LogP contribution in [0.4, 0.5) is 5.69 Å². The summed E-state index contributed by atoms with van der Waals surface area (Å²) in [4.78, 5) is 10.4. The lowest BCUT2D eigenvalue weighted by Crippen LogP contribution is -2.05. The summed E-state index contributed by atoms with van der Waals surface area (Å²) in [5, 5.41) is 8.55. The smallest absolute Gasteiger partial charge is 0.335 e. The van der Waals surface area contributed by atoms with Crippen LogP contribution in [0.25, 0.3) is 0 Å². The van der Waals surface area contributed by atoms with Crippen LogP contribution in [0.15, 0.2) is 42.5 Å². The second-order valence-electron chi connectivity index (χ2n) is 4.19. The number of fused-ring (bicyclic) bond motifs is 3. The highest BCUT2D eigenvalue weighted by Gasteiger charge is 2.07. The summed E-state index contributed by atoms with van der Waals surface area (Å²) >= 11 is 0. The summed E-state index contributed by atoms with van der Waals surface area (Å²) in [5.41, 5.74) is 7.77. The maximum Gasteiger partial charge on any atom is 0.335 e. The number of hydrogen-bond acceptors (Lipinski definition) is 4. The molecule has 104 valence electrons. The highest BCUT2D eigenvalue weighted by molar-refractivity contribution is 5.87. The van der Waals surface area contributed by atoms with Gasteiger partial charge in [0.15, 0.2) is 0 Å². The van der Waals surface area contributed by atoms with Crippen molar-refractivity contribution >= 4 is 11.7 Å². The van der Waals surface area contributed by atoms with E-state index in [4.69, 9.17) is 20.3 Å². The van der Waals surface area contributed by atoms with Crippen LogP contribution in [-0.4, -0.2) is 18.2 Å². The lowest BCUT2D eigenvalue weighted by molar-refractivity contribution is 0.0696. The third kappa shape index (κ3) is 3.20. The molecule has 0 atom stereocenters. The molecule has 2 aliphatic rings. The highest BCUT2D eigenvalue weighted by Crippen LogP contribution is 2.26. The zero-order chi connectivity index (χ0) is 14.5. The minimum absolute atomic E-state index is 0.240. The fraction of sp³-hybridized carbons (Fsp3) is 0.133. The Bertz CT molecular complexity index is 625. The molecule has 5 nitrogen and oxygen atoms in total. The van der Waals surface area contributed by atoms with Crippen LogP contribution in [0.1, 0.15) is 15.9 Å². The first-order valence-corrected chi connectivity index (χ1v) is 5.98. The predicted molar refractivity (Wildman–Crippen MR) is 75.1 cm³/mol. The number of nitrogen functional groups attached to an aromatic ring is 1. The molecular formula is C15H15NO4. The number of carboxylic acids is 1. The molecule has 4 rings (SSSR count). The van der Waals surface area contributed by atoms with E-state index in [9.17, 15) is 4.79 Å². The average Bonchev–Trinajstić information content (AvgIpc) is 2.49. The number of methoxy groups -OCH3 is 1. The summed E-state index contributed by atoms with van der Waals surface area (Å²) in [6.07, 6.45) is 0. The number of benzene rings is 2. The van der Waals surface area contributed by atoms with E-state index in [1.54, 1.807) is 12.1 Å². The largest absolute Gasteiger partial charge is 0.497 e. The van der Waals surface area contributed by atoms with Crippen LogP contribution in [-0.2, 0) is 6.61 Å². The molecule has 0 fully saturated rings. The number of ether oxygens (including phenoxy) is 2. The Morgan fingerprint density at radius 3 is 2.50 bits per heavy atom. The van der Waals surface area contributed by atoms with Gasteiger partial charge in [0.1, 0.15) is 18.1 Å². The third-order valence-corrected chi connectivity index (χ3v) is 2.83. The Morgan fingerprint density at radius 1 is 1.30 bits per heavy atom. The second kappa shape index (κ2) is 5.97. The molecule has 2 aliphatic heterocycles. The summed E-state index contributed by atoms with van der Waals surface area (Å²) in [7, 11) is 1.50. The van der Waals surface area contributed by atoms with Crippen LogP contribution < -0.4 is 15.2 Å². The van der Waals surface area contributed by atoms with Gasteiger partial charge in [-0.3, -0.25) is 0 Å². The van der Waals surface area contributed by atoms with Gasteiger partial charge in [-0.1, -0.05) is 6.07 Å². The van der Waals surface area contributed by atoms with Crippen molar-refractivity contribution < 1.29 is 19.4 Å². The van der Waals surface area contributed by atoms with Gasteiger partial charge in [-0.05, 0) is 30.3 Å². The Balaban J connectivity index is 0.000000149. The van der Waals surface area contributed by atoms with Gasteiger partial charge in [0, 0.05) is 17.3 Å². The van der Waals surface area contributed by atoms with Crippen LogP contribution in [0, 0.1) is 0 Å². The predicted octanol–water partition coefficient (Wildman–Crippen LogP) is 2.55. The van der Waals surface area contributed by atoms with Crippen LogP contribution in [0.3, 0.4) is 0 Å². The molecule has 0 unspecified atom stereocenters. The Morgan fingerprint density at radius 2 is 2.10 bits per heavy atom. The molecule has 0 radical (unpaired) electrons. The zero-order valence-electron chi connectivity index (χ0n) is 11.0. The van der Waals surface area contributed by atoms with Gasteiger partial charge in [0.05, 0.1) is 12.7 Å². The van der Waals surface area contributed by atoms with Gasteiger partial charge < -0.3 is 20.3 Å². The van der Waals surface area contributed by atoms with E-state index in [2.05, 4.69) is 0 Å². The molecule has 0 aliphatic carbocycles. The monoisotopic (exact) mass is 273 g/mol. The molecular weight excluding hydrogens is 258 g/mol. The van der Waals surface area contributed by atoms with Crippen molar-refractivity contribution in [3.63, 3.8) is 0 Å². The molecule has 2 heterocycles. The molecule has 2 aromatic rings. The van der Waals surface area contributed by atoms with Gasteiger partial charge in [-0.25, -0.2) is 4.79 Å². The maximum atomic E-state index is 10.4. The molecule has 20 heavy (non-hydrogen) atoms. The van der Waals surface area contributed by atoms with Crippen molar-refractivity contribution in [2.24, 2.45) is 0 Å². The molecule has 0 saturated heterocycles. The molecule has 0 saturated carbocycles. The van der Waals surface area contributed by atoms with Crippen LogP contribution >= 0.6 is 0 Å². The van der Waals surface area contributed by atoms with E-state index in [0.29, 0.717) is 12.4 Å². The molecule has 0 amide bonds. The number of carboxylic acid groups (broad SMARTS) is 1. The first-order chi connectivity index (χ1) is 9.60. The number of rotatable bonds is 2. The lowest BCUT2D eigenvalue weighted by Gasteiger charge is -2.15. The maximum absolute atomic E-state index is 10.4. The van der Waals surface area contributed by atoms with Crippen molar-refractivity contribution in [1.29, 1.82) is 0 Å². The Hall–Kier alpha value is -2.69. The third-order valence-electron chi connectivity index (χ3n) is 2.83. The second-order valence-corrected chi connectivity index (χ2v) is 4.19. The fourth-order valence-electron chi connectivity index (χ4n) is 1.71. The van der Waals surface area contributed by atoms with Crippen molar-refractivity contribution in [3.05, 3.63) is 53.6 Å². The van der Waals surface area contributed by atoms with Crippen LogP contribution in [0.2, 0.25) is 0 Å². The van der Waals surface area contributed by atoms with Gasteiger partial charge in [-0.2, -0.15) is 0 Å². The van der Waals surface area contributed by atoms with Crippen molar-refractivity contribution in [1.82, 2.24) is 0 Å². The summed E-state index contributed by atoms with van der Waals surface area (Å²) in [5.74, 6) is 0.497. The summed E-state index contributed by atoms with van der Waals surface area (Å²) < 4.78 is 10.0. The molecule has 0 spiro atoms. The Labute approximate surface area is 116 Å². The zero-order valence-corrected chi connectivity index (χ0v) is 11.0. The van der Waals surface area contributed by atoms with E-state index in [1.165, 1.54) is 19.2 Å². The molecule has 3 N–H and O–H groups in total. The van der Waals surface area contributed by atoms with E-state index in [1.807, 2.05) is 18.2 Å². The van der Waals surface area contributed by atoms with E-state index in [-0.39, 0.29) is 5.56 Å². The van der Waals surface area contributed by atoms with Gasteiger partial charge in [0.25, 0.3) is 0 Å². The normalized spacial score (nSPS) is 11.1. The summed E-state index contributed by atoms with van der Waals surface area (Å²) in [6, 6.07) is 12.1. The van der Waals surface area contributed by atoms with E-state index < -0.39 is 5.97 Å². The molecule has 2 aromatic carbocycles. The fourth-order valence-corrected chi connectivity index (χ4v) is 1.71.